The number of anilines is 1. The van der Waals surface area contributed by atoms with E-state index in [4.69, 9.17) is 4.74 Å². The lowest BCUT2D eigenvalue weighted by atomic mass is 10.3. The number of nitrogens with one attached hydrogen (secondary N) is 1. The van der Waals surface area contributed by atoms with Crippen LogP contribution < -0.4 is 5.32 Å². The van der Waals surface area contributed by atoms with Gasteiger partial charge in [0.2, 0.25) is 0 Å². The molecule has 0 atom stereocenters. The SMILES string of the molecule is c1ccc(NCCOCCC2CC2)cc1. The molecule has 0 bridgehead atoms. The second-order valence-electron chi connectivity index (χ2n) is 4.14. The van der Waals surface area contributed by atoms with Crippen LogP contribution >= 0.6 is 0 Å². The standard InChI is InChI=1S/C13H19NO/c1-2-4-13(5-3-1)14-9-11-15-10-8-12-6-7-12/h1-5,12,14H,6-11H2. The van der Waals surface area contributed by atoms with Crippen LogP contribution in [-0.4, -0.2) is 19.8 Å². The van der Waals surface area contributed by atoms with Gasteiger partial charge >= 0.3 is 0 Å². The highest BCUT2D eigenvalue weighted by Crippen LogP contribution is 2.31. The van der Waals surface area contributed by atoms with Gasteiger partial charge < -0.3 is 10.1 Å². The second-order valence-corrected chi connectivity index (χ2v) is 4.14. The van der Waals surface area contributed by atoms with Gasteiger partial charge in [0.1, 0.15) is 0 Å². The maximum Gasteiger partial charge on any atom is 0.0639 e. The number of rotatable bonds is 7. The molecule has 0 saturated heterocycles. The fourth-order valence-electron chi connectivity index (χ4n) is 1.58. The fraction of sp³-hybridized carbons (Fsp3) is 0.538. The first-order valence-electron chi connectivity index (χ1n) is 5.82. The van der Waals surface area contributed by atoms with Crippen molar-refractivity contribution < 1.29 is 4.74 Å². The van der Waals surface area contributed by atoms with Gasteiger partial charge in [-0.25, -0.2) is 0 Å². The van der Waals surface area contributed by atoms with Gasteiger partial charge in [-0.2, -0.15) is 0 Å². The smallest absolute Gasteiger partial charge is 0.0639 e. The third kappa shape index (κ3) is 4.34. The average molecular weight is 205 g/mol. The van der Waals surface area contributed by atoms with Crippen LogP contribution in [0.5, 0.6) is 0 Å². The van der Waals surface area contributed by atoms with E-state index in [1.807, 2.05) is 18.2 Å². The van der Waals surface area contributed by atoms with E-state index in [0.717, 1.165) is 25.7 Å². The Morgan fingerprint density at radius 2 is 1.93 bits per heavy atom. The molecule has 1 aliphatic carbocycles. The van der Waals surface area contributed by atoms with E-state index in [1.165, 1.54) is 24.9 Å². The molecule has 2 heteroatoms. The Kier molecular flexibility index (Phi) is 4.03. The number of benzene rings is 1. The summed E-state index contributed by atoms with van der Waals surface area (Å²) < 4.78 is 5.54. The molecule has 2 nitrogen and oxygen atoms in total. The van der Waals surface area contributed by atoms with Crippen molar-refractivity contribution in [1.29, 1.82) is 0 Å². The number of ether oxygens (including phenoxy) is 1. The largest absolute Gasteiger partial charge is 0.383 e. The first-order valence-corrected chi connectivity index (χ1v) is 5.82. The van der Waals surface area contributed by atoms with Gasteiger partial charge in [0.05, 0.1) is 6.61 Å². The normalized spacial score (nSPS) is 15.2. The highest BCUT2D eigenvalue weighted by atomic mass is 16.5. The van der Waals surface area contributed by atoms with Crippen LogP contribution in [0.25, 0.3) is 0 Å². The summed E-state index contributed by atoms with van der Waals surface area (Å²) in [7, 11) is 0. The summed E-state index contributed by atoms with van der Waals surface area (Å²) in [5.74, 6) is 0.979. The van der Waals surface area contributed by atoms with Crippen molar-refractivity contribution in [2.75, 3.05) is 25.1 Å². The molecular formula is C13H19NO. The Morgan fingerprint density at radius 1 is 1.13 bits per heavy atom. The Bertz CT molecular complexity index is 269. The third-order valence-corrected chi connectivity index (χ3v) is 2.72. The van der Waals surface area contributed by atoms with E-state index in [-0.39, 0.29) is 0 Å². The van der Waals surface area contributed by atoms with Crippen molar-refractivity contribution in [1.82, 2.24) is 0 Å². The molecule has 0 amide bonds. The molecular weight excluding hydrogens is 186 g/mol. The van der Waals surface area contributed by atoms with E-state index in [0.29, 0.717) is 0 Å². The molecule has 1 fully saturated rings. The summed E-state index contributed by atoms with van der Waals surface area (Å²) in [6.07, 6.45) is 4.10. The highest BCUT2D eigenvalue weighted by Gasteiger charge is 2.20. The van der Waals surface area contributed by atoms with Crippen LogP contribution in [0.3, 0.4) is 0 Å². The molecule has 1 aromatic rings. The molecule has 2 rings (SSSR count). The lowest BCUT2D eigenvalue weighted by molar-refractivity contribution is 0.137. The topological polar surface area (TPSA) is 21.3 Å². The molecule has 15 heavy (non-hydrogen) atoms. The van der Waals surface area contributed by atoms with E-state index >= 15 is 0 Å². The van der Waals surface area contributed by atoms with E-state index in [1.54, 1.807) is 0 Å². The van der Waals surface area contributed by atoms with Gasteiger partial charge in [-0.1, -0.05) is 31.0 Å². The zero-order valence-corrected chi connectivity index (χ0v) is 9.11. The van der Waals surface area contributed by atoms with E-state index in [2.05, 4.69) is 17.4 Å². The molecule has 0 aromatic heterocycles. The van der Waals surface area contributed by atoms with Crippen LogP contribution in [0.15, 0.2) is 30.3 Å². The summed E-state index contributed by atoms with van der Waals surface area (Å²) in [5, 5.41) is 3.32. The van der Waals surface area contributed by atoms with Crippen molar-refractivity contribution >= 4 is 5.69 Å². The molecule has 1 N–H and O–H groups in total. The van der Waals surface area contributed by atoms with Crippen molar-refractivity contribution in [3.63, 3.8) is 0 Å². The summed E-state index contributed by atoms with van der Waals surface area (Å²) in [5.41, 5.74) is 1.17. The van der Waals surface area contributed by atoms with Crippen molar-refractivity contribution in [2.24, 2.45) is 5.92 Å². The molecule has 1 aliphatic rings. The molecule has 1 aromatic carbocycles. The zero-order valence-electron chi connectivity index (χ0n) is 9.11. The maximum atomic E-state index is 5.54. The lowest BCUT2D eigenvalue weighted by Crippen LogP contribution is -2.10. The van der Waals surface area contributed by atoms with Gasteiger partial charge in [0, 0.05) is 18.8 Å². The van der Waals surface area contributed by atoms with Crippen LogP contribution in [0.4, 0.5) is 5.69 Å². The lowest BCUT2D eigenvalue weighted by Gasteiger charge is -2.06. The van der Waals surface area contributed by atoms with Gasteiger partial charge in [0.25, 0.3) is 0 Å². The third-order valence-electron chi connectivity index (χ3n) is 2.72. The Labute approximate surface area is 91.6 Å². The molecule has 0 heterocycles. The quantitative estimate of drug-likeness (QED) is 0.691. The number of hydrogen-bond donors (Lipinski definition) is 1. The molecule has 82 valence electrons. The second kappa shape index (κ2) is 5.76. The Balaban J connectivity index is 1.47. The number of para-hydroxylation sites is 1. The molecule has 1 saturated carbocycles. The Hall–Kier alpha value is -1.02. The van der Waals surface area contributed by atoms with Gasteiger partial charge in [-0.15, -0.1) is 0 Å². The van der Waals surface area contributed by atoms with Crippen LogP contribution in [0, 0.1) is 5.92 Å². The monoisotopic (exact) mass is 205 g/mol. The fourth-order valence-corrected chi connectivity index (χ4v) is 1.58. The minimum atomic E-state index is 0.807. The molecule has 0 unspecified atom stereocenters. The minimum Gasteiger partial charge on any atom is -0.383 e. The van der Waals surface area contributed by atoms with Crippen molar-refractivity contribution in [3.8, 4) is 0 Å². The van der Waals surface area contributed by atoms with Crippen LogP contribution in [0.2, 0.25) is 0 Å². The van der Waals surface area contributed by atoms with Crippen LogP contribution in [0.1, 0.15) is 19.3 Å². The average Bonchev–Trinajstić information content (AvgIpc) is 3.09. The van der Waals surface area contributed by atoms with E-state index in [9.17, 15) is 0 Å². The van der Waals surface area contributed by atoms with Crippen molar-refractivity contribution in [2.45, 2.75) is 19.3 Å². The van der Waals surface area contributed by atoms with Gasteiger partial charge in [-0.3, -0.25) is 0 Å². The number of hydrogen-bond acceptors (Lipinski definition) is 2. The summed E-state index contributed by atoms with van der Waals surface area (Å²) >= 11 is 0. The molecule has 0 spiro atoms. The van der Waals surface area contributed by atoms with Gasteiger partial charge in [0.15, 0.2) is 0 Å². The first-order chi connectivity index (χ1) is 7.45. The first kappa shape index (κ1) is 10.5. The molecule has 0 radical (unpaired) electrons. The summed E-state index contributed by atoms with van der Waals surface area (Å²) in [4.78, 5) is 0. The maximum absolute atomic E-state index is 5.54. The zero-order chi connectivity index (χ0) is 10.3. The minimum absolute atomic E-state index is 0.807. The van der Waals surface area contributed by atoms with E-state index < -0.39 is 0 Å². The molecule has 0 aliphatic heterocycles. The highest BCUT2D eigenvalue weighted by molar-refractivity contribution is 5.42. The predicted molar refractivity (Wildman–Crippen MR) is 63.1 cm³/mol. The van der Waals surface area contributed by atoms with Gasteiger partial charge in [-0.05, 0) is 24.5 Å². The van der Waals surface area contributed by atoms with Crippen molar-refractivity contribution in [3.05, 3.63) is 30.3 Å². The summed E-state index contributed by atoms with van der Waals surface area (Å²) in [6.45, 7) is 2.64. The predicted octanol–water partition coefficient (Wildman–Crippen LogP) is 2.92. The Morgan fingerprint density at radius 3 is 2.67 bits per heavy atom. The summed E-state index contributed by atoms with van der Waals surface area (Å²) in [6, 6.07) is 10.2. The van der Waals surface area contributed by atoms with Crippen LogP contribution in [-0.2, 0) is 4.74 Å².